The third-order valence-corrected chi connectivity index (χ3v) is 7.58. The predicted octanol–water partition coefficient (Wildman–Crippen LogP) is 10.2. The minimum Gasteiger partial charge on any atom is -0.437 e. The van der Waals surface area contributed by atoms with E-state index in [0.717, 1.165) is 44.9 Å². The summed E-state index contributed by atoms with van der Waals surface area (Å²) in [6.45, 7) is 0. The lowest BCUT2D eigenvalue weighted by molar-refractivity contribution is 0.625. The van der Waals surface area contributed by atoms with Crippen LogP contribution in [0, 0.1) is 0 Å². The molecule has 3 heteroatoms. The molecule has 0 aliphatic rings. The summed E-state index contributed by atoms with van der Waals surface area (Å²) >= 11 is 0. The Hall–Kier alpha value is -5.28. The number of hydrogen-bond acceptors (Lipinski definition) is 2. The lowest BCUT2D eigenvalue weighted by atomic mass is 10.0. The number of fused-ring (bicyclic) bond motifs is 5. The maximum absolute atomic E-state index is 6.86. The molecule has 39 heavy (non-hydrogen) atoms. The minimum atomic E-state index is 0.781. The number of benzene rings is 6. The Kier molecular flexibility index (Phi) is 4.82. The summed E-state index contributed by atoms with van der Waals surface area (Å²) in [5.41, 5.74) is 6.33. The molecule has 0 saturated carbocycles. The Balaban J connectivity index is 1.47. The smallest absolute Gasteiger partial charge is 0.207 e. The standard InChI is InChI=1S/C36H24N2O/c1-2-16-27(17-3-1)37-33-21-9-8-20-30(33)36-34(37)24-35(39-36)38(31-22-10-14-25-12-4-6-18-28(25)31)32-23-11-15-26-13-5-7-19-29(26)32/h1-24H. The van der Waals surface area contributed by atoms with Crippen molar-refractivity contribution in [3.63, 3.8) is 0 Å². The Morgan fingerprint density at radius 1 is 0.462 bits per heavy atom. The maximum atomic E-state index is 6.86. The van der Waals surface area contributed by atoms with E-state index in [1.54, 1.807) is 0 Å². The van der Waals surface area contributed by atoms with Gasteiger partial charge < -0.3 is 8.98 Å². The molecule has 3 nitrogen and oxygen atoms in total. The van der Waals surface area contributed by atoms with Crippen molar-refractivity contribution in [2.45, 2.75) is 0 Å². The van der Waals surface area contributed by atoms with Crippen molar-refractivity contribution in [3.05, 3.63) is 146 Å². The van der Waals surface area contributed by atoms with E-state index in [9.17, 15) is 0 Å². The first kappa shape index (κ1) is 21.8. The number of hydrogen-bond donors (Lipinski definition) is 0. The first-order chi connectivity index (χ1) is 19.4. The Labute approximate surface area is 225 Å². The zero-order chi connectivity index (χ0) is 25.8. The number of anilines is 3. The number of furan rings is 1. The summed E-state index contributed by atoms with van der Waals surface area (Å²) in [6.07, 6.45) is 0. The van der Waals surface area contributed by atoms with E-state index < -0.39 is 0 Å². The van der Waals surface area contributed by atoms with E-state index in [4.69, 9.17) is 4.42 Å². The van der Waals surface area contributed by atoms with Gasteiger partial charge in [-0.15, -0.1) is 0 Å². The molecular formula is C36H24N2O. The summed E-state index contributed by atoms with van der Waals surface area (Å²) in [5, 5.41) is 5.82. The Bertz CT molecular complexity index is 2050. The molecule has 8 aromatic rings. The highest BCUT2D eigenvalue weighted by atomic mass is 16.4. The molecule has 2 aromatic heterocycles. The average molecular weight is 501 g/mol. The molecule has 0 aliphatic heterocycles. The van der Waals surface area contributed by atoms with Crippen molar-refractivity contribution in [2.24, 2.45) is 0 Å². The topological polar surface area (TPSA) is 21.3 Å². The average Bonchev–Trinajstić information content (AvgIpc) is 3.55. The van der Waals surface area contributed by atoms with Crippen LogP contribution in [0.4, 0.5) is 17.3 Å². The highest BCUT2D eigenvalue weighted by Crippen LogP contribution is 2.45. The number of aromatic nitrogens is 1. The lowest BCUT2D eigenvalue weighted by Gasteiger charge is -2.25. The second-order valence-corrected chi connectivity index (χ2v) is 9.82. The molecule has 0 amide bonds. The van der Waals surface area contributed by atoms with Crippen molar-refractivity contribution in [3.8, 4) is 5.69 Å². The number of para-hydroxylation sites is 2. The summed E-state index contributed by atoms with van der Waals surface area (Å²) in [4.78, 5) is 2.27. The quantitative estimate of drug-likeness (QED) is 0.240. The van der Waals surface area contributed by atoms with Gasteiger partial charge in [0.15, 0.2) is 5.58 Å². The molecule has 6 aromatic carbocycles. The van der Waals surface area contributed by atoms with Gasteiger partial charge in [0.05, 0.1) is 22.4 Å². The van der Waals surface area contributed by atoms with E-state index >= 15 is 0 Å². The minimum absolute atomic E-state index is 0.781. The van der Waals surface area contributed by atoms with Gasteiger partial charge in [-0.2, -0.15) is 0 Å². The highest BCUT2D eigenvalue weighted by Gasteiger charge is 2.24. The largest absolute Gasteiger partial charge is 0.437 e. The third kappa shape index (κ3) is 3.37. The molecule has 0 radical (unpaired) electrons. The fourth-order valence-corrected chi connectivity index (χ4v) is 5.86. The van der Waals surface area contributed by atoms with Crippen LogP contribution in [0.2, 0.25) is 0 Å². The molecule has 184 valence electrons. The van der Waals surface area contributed by atoms with Gasteiger partial charge in [-0.25, -0.2) is 0 Å². The Morgan fingerprint density at radius 2 is 1.00 bits per heavy atom. The van der Waals surface area contributed by atoms with E-state index in [2.05, 4.69) is 155 Å². The van der Waals surface area contributed by atoms with Crippen LogP contribution < -0.4 is 4.90 Å². The summed E-state index contributed by atoms with van der Waals surface area (Å²) in [7, 11) is 0. The fourth-order valence-electron chi connectivity index (χ4n) is 5.86. The zero-order valence-electron chi connectivity index (χ0n) is 21.2. The first-order valence-corrected chi connectivity index (χ1v) is 13.2. The molecule has 0 spiro atoms. The van der Waals surface area contributed by atoms with Gasteiger partial charge in [-0.1, -0.05) is 103 Å². The fraction of sp³-hybridized carbons (Fsp3) is 0. The number of rotatable bonds is 4. The Morgan fingerprint density at radius 3 is 1.67 bits per heavy atom. The molecule has 0 bridgehead atoms. The highest BCUT2D eigenvalue weighted by molar-refractivity contribution is 6.09. The van der Waals surface area contributed by atoms with Crippen LogP contribution >= 0.6 is 0 Å². The SMILES string of the molecule is c1ccc(-n2c3ccccc3c3oc(N(c4cccc5ccccc45)c4cccc5ccccc45)cc32)cc1. The summed E-state index contributed by atoms with van der Waals surface area (Å²) < 4.78 is 9.15. The van der Waals surface area contributed by atoms with Gasteiger partial charge >= 0.3 is 0 Å². The second kappa shape index (κ2) is 8.64. The van der Waals surface area contributed by atoms with E-state index in [0.29, 0.717) is 0 Å². The molecule has 2 heterocycles. The van der Waals surface area contributed by atoms with Gasteiger partial charge in [0.25, 0.3) is 0 Å². The molecule has 0 unspecified atom stereocenters. The summed E-state index contributed by atoms with van der Waals surface area (Å²) in [6, 6.07) is 51.1. The van der Waals surface area contributed by atoms with Gasteiger partial charge in [0.1, 0.15) is 0 Å². The number of nitrogens with zero attached hydrogens (tertiary/aromatic N) is 2. The molecule has 0 atom stereocenters. The molecule has 0 N–H and O–H groups in total. The van der Waals surface area contributed by atoms with Gasteiger partial charge in [-0.3, -0.25) is 4.90 Å². The summed E-state index contributed by atoms with van der Waals surface area (Å²) in [5.74, 6) is 0.781. The third-order valence-electron chi connectivity index (χ3n) is 7.58. The molecule has 0 saturated heterocycles. The van der Waals surface area contributed by atoms with Crippen LogP contribution in [0.3, 0.4) is 0 Å². The molecular weight excluding hydrogens is 476 g/mol. The normalized spacial score (nSPS) is 11.6. The van der Waals surface area contributed by atoms with Gasteiger partial charge in [0.2, 0.25) is 5.88 Å². The van der Waals surface area contributed by atoms with Crippen LogP contribution in [0.1, 0.15) is 0 Å². The van der Waals surface area contributed by atoms with Crippen LogP contribution in [-0.4, -0.2) is 4.57 Å². The lowest BCUT2D eigenvalue weighted by Crippen LogP contribution is -2.10. The van der Waals surface area contributed by atoms with Crippen molar-refractivity contribution in [1.29, 1.82) is 0 Å². The predicted molar refractivity (Wildman–Crippen MR) is 163 cm³/mol. The van der Waals surface area contributed by atoms with Gasteiger partial charge in [0, 0.05) is 27.9 Å². The first-order valence-electron chi connectivity index (χ1n) is 13.2. The van der Waals surface area contributed by atoms with Crippen molar-refractivity contribution >= 4 is 60.8 Å². The van der Waals surface area contributed by atoms with Crippen LogP contribution in [0.25, 0.3) is 49.2 Å². The van der Waals surface area contributed by atoms with Crippen LogP contribution in [-0.2, 0) is 0 Å². The van der Waals surface area contributed by atoms with Crippen molar-refractivity contribution < 1.29 is 4.42 Å². The zero-order valence-corrected chi connectivity index (χ0v) is 21.2. The molecule has 8 rings (SSSR count). The second-order valence-electron chi connectivity index (χ2n) is 9.82. The van der Waals surface area contributed by atoms with Crippen molar-refractivity contribution in [1.82, 2.24) is 4.57 Å². The van der Waals surface area contributed by atoms with E-state index in [1.165, 1.54) is 21.5 Å². The maximum Gasteiger partial charge on any atom is 0.207 e. The van der Waals surface area contributed by atoms with Crippen LogP contribution in [0.15, 0.2) is 150 Å². The van der Waals surface area contributed by atoms with Crippen molar-refractivity contribution in [2.75, 3.05) is 4.90 Å². The monoisotopic (exact) mass is 500 g/mol. The molecule has 0 aliphatic carbocycles. The van der Waals surface area contributed by atoms with Crippen LogP contribution in [0.5, 0.6) is 0 Å². The van der Waals surface area contributed by atoms with E-state index in [1.807, 2.05) is 0 Å². The molecule has 0 fully saturated rings. The van der Waals surface area contributed by atoms with E-state index in [-0.39, 0.29) is 0 Å². The van der Waals surface area contributed by atoms with Gasteiger partial charge in [-0.05, 0) is 47.2 Å².